The minimum atomic E-state index is 0.0689. The van der Waals surface area contributed by atoms with Crippen molar-refractivity contribution in [3.05, 3.63) is 28.8 Å². The second kappa shape index (κ2) is 5.86. The maximum Gasteiger partial charge on any atom is 0.216 e. The summed E-state index contributed by atoms with van der Waals surface area (Å²) in [5, 5.41) is 2.93. The number of rotatable bonds is 3. The van der Waals surface area contributed by atoms with Gasteiger partial charge in [-0.15, -0.1) is 0 Å². The van der Waals surface area contributed by atoms with Crippen molar-refractivity contribution >= 4 is 5.91 Å². The lowest BCUT2D eigenvalue weighted by molar-refractivity contribution is -0.118. The molecule has 3 rings (SSSR count). The van der Waals surface area contributed by atoms with Crippen molar-refractivity contribution in [1.29, 1.82) is 0 Å². The van der Waals surface area contributed by atoms with Crippen molar-refractivity contribution in [2.45, 2.75) is 51.4 Å². The minimum Gasteiger partial charge on any atom is -0.493 e. The number of fused-ring (bicyclic) bond motifs is 3. The molecule has 1 aliphatic carbocycles. The van der Waals surface area contributed by atoms with Gasteiger partial charge in [0.05, 0.1) is 6.61 Å². The van der Waals surface area contributed by atoms with Crippen LogP contribution in [-0.2, 0) is 17.6 Å². The van der Waals surface area contributed by atoms with Crippen LogP contribution in [0.2, 0.25) is 0 Å². The maximum atomic E-state index is 11.0. The van der Waals surface area contributed by atoms with Gasteiger partial charge in [-0.1, -0.05) is 6.07 Å². The van der Waals surface area contributed by atoms with Crippen LogP contribution in [0.15, 0.2) is 12.1 Å². The van der Waals surface area contributed by atoms with E-state index < -0.39 is 0 Å². The molecular weight excluding hydrogens is 250 g/mol. The van der Waals surface area contributed by atoms with Crippen LogP contribution in [0.1, 0.15) is 55.2 Å². The van der Waals surface area contributed by atoms with Crippen molar-refractivity contribution in [2.24, 2.45) is 0 Å². The van der Waals surface area contributed by atoms with Gasteiger partial charge in [-0.3, -0.25) is 4.79 Å². The second-order valence-electron chi connectivity index (χ2n) is 5.93. The van der Waals surface area contributed by atoms with Crippen molar-refractivity contribution in [1.82, 2.24) is 5.32 Å². The standard InChI is InChI=1S/C17H23NO2/c1-12(19)18-10-9-14-5-2-4-13-7-8-16-15(17(13)14)6-3-11-20-16/h7-8,14H,2-6,9-11H2,1H3,(H,18,19). The summed E-state index contributed by atoms with van der Waals surface area (Å²) in [6.07, 6.45) is 7.01. The van der Waals surface area contributed by atoms with Crippen LogP contribution < -0.4 is 10.1 Å². The number of aryl methyl sites for hydroxylation is 1. The molecule has 0 saturated heterocycles. The SMILES string of the molecule is CC(=O)NCCC1CCCc2ccc3c(c21)CCCO3. The summed E-state index contributed by atoms with van der Waals surface area (Å²) in [7, 11) is 0. The largest absolute Gasteiger partial charge is 0.493 e. The van der Waals surface area contributed by atoms with Crippen molar-refractivity contribution in [3.63, 3.8) is 0 Å². The summed E-state index contributed by atoms with van der Waals surface area (Å²) < 4.78 is 5.81. The summed E-state index contributed by atoms with van der Waals surface area (Å²) >= 11 is 0. The van der Waals surface area contributed by atoms with E-state index in [4.69, 9.17) is 4.74 Å². The molecule has 0 fully saturated rings. The average Bonchev–Trinajstić information content (AvgIpc) is 2.46. The summed E-state index contributed by atoms with van der Waals surface area (Å²) in [6, 6.07) is 4.41. The number of benzene rings is 1. The molecule has 3 nitrogen and oxygen atoms in total. The van der Waals surface area contributed by atoms with Crippen LogP contribution >= 0.6 is 0 Å². The van der Waals surface area contributed by atoms with E-state index in [2.05, 4.69) is 17.4 Å². The first-order valence-corrected chi connectivity index (χ1v) is 7.77. The van der Waals surface area contributed by atoms with Crippen LogP contribution in [-0.4, -0.2) is 19.1 Å². The van der Waals surface area contributed by atoms with E-state index in [0.717, 1.165) is 38.2 Å². The summed E-state index contributed by atoms with van der Waals surface area (Å²) in [4.78, 5) is 11.0. The molecule has 1 amide bonds. The van der Waals surface area contributed by atoms with Gasteiger partial charge in [0.15, 0.2) is 0 Å². The molecule has 1 aromatic rings. The molecule has 0 aromatic heterocycles. The molecule has 20 heavy (non-hydrogen) atoms. The van der Waals surface area contributed by atoms with Gasteiger partial charge in [-0.05, 0) is 67.2 Å². The van der Waals surface area contributed by atoms with Crippen LogP contribution in [0.25, 0.3) is 0 Å². The Hall–Kier alpha value is -1.51. The first-order valence-electron chi connectivity index (χ1n) is 7.77. The molecule has 3 heteroatoms. The number of hydrogen-bond donors (Lipinski definition) is 1. The molecule has 1 heterocycles. The first-order chi connectivity index (χ1) is 9.75. The van der Waals surface area contributed by atoms with E-state index in [1.807, 2.05) is 0 Å². The molecule has 1 aromatic carbocycles. The molecule has 108 valence electrons. The Morgan fingerprint density at radius 1 is 1.35 bits per heavy atom. The first kappa shape index (κ1) is 13.5. The van der Waals surface area contributed by atoms with Crippen molar-refractivity contribution in [3.8, 4) is 5.75 Å². The Morgan fingerprint density at radius 2 is 2.25 bits per heavy atom. The molecule has 0 saturated carbocycles. The van der Waals surface area contributed by atoms with Gasteiger partial charge in [0.25, 0.3) is 0 Å². The maximum absolute atomic E-state index is 11.0. The highest BCUT2D eigenvalue weighted by Crippen LogP contribution is 2.41. The second-order valence-corrected chi connectivity index (χ2v) is 5.93. The quantitative estimate of drug-likeness (QED) is 0.919. The molecule has 1 atom stereocenters. The summed E-state index contributed by atoms with van der Waals surface area (Å²) in [5.41, 5.74) is 4.49. The van der Waals surface area contributed by atoms with Crippen LogP contribution in [0.5, 0.6) is 5.75 Å². The lowest BCUT2D eigenvalue weighted by Crippen LogP contribution is -2.24. The fourth-order valence-corrected chi connectivity index (χ4v) is 3.64. The molecule has 2 aliphatic rings. The van der Waals surface area contributed by atoms with E-state index in [1.54, 1.807) is 12.5 Å². The number of carbonyl (C=O) groups is 1. The molecular formula is C17H23NO2. The number of ether oxygens (including phenoxy) is 1. The molecule has 1 aliphatic heterocycles. The van der Waals surface area contributed by atoms with E-state index in [9.17, 15) is 4.79 Å². The van der Waals surface area contributed by atoms with Gasteiger partial charge < -0.3 is 10.1 Å². The highest BCUT2D eigenvalue weighted by molar-refractivity contribution is 5.72. The number of amides is 1. The third kappa shape index (κ3) is 2.67. The number of hydrogen-bond acceptors (Lipinski definition) is 2. The lowest BCUT2D eigenvalue weighted by Gasteiger charge is -2.31. The fraction of sp³-hybridized carbons (Fsp3) is 0.588. The number of carbonyl (C=O) groups excluding carboxylic acids is 1. The smallest absolute Gasteiger partial charge is 0.216 e. The van der Waals surface area contributed by atoms with Crippen LogP contribution in [0.3, 0.4) is 0 Å². The predicted molar refractivity (Wildman–Crippen MR) is 79.2 cm³/mol. The van der Waals surface area contributed by atoms with E-state index in [-0.39, 0.29) is 5.91 Å². The van der Waals surface area contributed by atoms with Crippen LogP contribution in [0.4, 0.5) is 0 Å². The fourth-order valence-electron chi connectivity index (χ4n) is 3.64. The van der Waals surface area contributed by atoms with Gasteiger partial charge in [0.2, 0.25) is 5.91 Å². The zero-order valence-corrected chi connectivity index (χ0v) is 12.2. The summed E-state index contributed by atoms with van der Waals surface area (Å²) in [5.74, 6) is 1.75. The Morgan fingerprint density at radius 3 is 3.10 bits per heavy atom. The van der Waals surface area contributed by atoms with Gasteiger partial charge in [0, 0.05) is 13.5 Å². The Kier molecular flexibility index (Phi) is 3.95. The molecule has 0 spiro atoms. The highest BCUT2D eigenvalue weighted by Gasteiger charge is 2.26. The van der Waals surface area contributed by atoms with E-state index >= 15 is 0 Å². The van der Waals surface area contributed by atoms with E-state index in [0.29, 0.717) is 5.92 Å². The minimum absolute atomic E-state index is 0.0689. The zero-order valence-electron chi connectivity index (χ0n) is 12.2. The Labute approximate surface area is 120 Å². The molecule has 1 N–H and O–H groups in total. The third-order valence-corrected chi connectivity index (χ3v) is 4.51. The van der Waals surface area contributed by atoms with Crippen LogP contribution in [0, 0.1) is 0 Å². The predicted octanol–water partition coefficient (Wildman–Crippen LogP) is 2.96. The van der Waals surface area contributed by atoms with Crippen molar-refractivity contribution in [2.75, 3.05) is 13.2 Å². The summed E-state index contributed by atoms with van der Waals surface area (Å²) in [6.45, 7) is 3.22. The van der Waals surface area contributed by atoms with Gasteiger partial charge in [-0.25, -0.2) is 0 Å². The lowest BCUT2D eigenvalue weighted by atomic mass is 9.77. The van der Waals surface area contributed by atoms with Gasteiger partial charge >= 0.3 is 0 Å². The van der Waals surface area contributed by atoms with Crippen molar-refractivity contribution < 1.29 is 9.53 Å². The zero-order chi connectivity index (χ0) is 13.9. The Balaban J connectivity index is 1.84. The van der Waals surface area contributed by atoms with Gasteiger partial charge in [-0.2, -0.15) is 0 Å². The topological polar surface area (TPSA) is 38.3 Å². The molecule has 1 unspecified atom stereocenters. The molecule has 0 radical (unpaired) electrons. The average molecular weight is 273 g/mol. The van der Waals surface area contributed by atoms with E-state index in [1.165, 1.54) is 30.4 Å². The Bertz CT molecular complexity index is 510. The monoisotopic (exact) mass is 273 g/mol. The molecule has 0 bridgehead atoms. The third-order valence-electron chi connectivity index (χ3n) is 4.51. The normalized spacial score (nSPS) is 20.6. The highest BCUT2D eigenvalue weighted by atomic mass is 16.5. The number of nitrogens with one attached hydrogen (secondary N) is 1. The van der Waals surface area contributed by atoms with Gasteiger partial charge in [0.1, 0.15) is 5.75 Å².